The summed E-state index contributed by atoms with van der Waals surface area (Å²) in [5.41, 5.74) is 0.148. The Morgan fingerprint density at radius 3 is 3.13 bits per heavy atom. The van der Waals surface area contributed by atoms with Crippen LogP contribution in [0.3, 0.4) is 0 Å². The molecule has 2 aromatic rings. The van der Waals surface area contributed by atoms with E-state index in [9.17, 15) is 4.79 Å². The highest BCUT2D eigenvalue weighted by atomic mass is 16.5. The number of ether oxygens (including phenoxy) is 1. The second kappa shape index (κ2) is 6.75. The van der Waals surface area contributed by atoms with Crippen LogP contribution in [0.25, 0.3) is 6.08 Å². The number of furan rings is 1. The van der Waals surface area contributed by atoms with Crippen LogP contribution in [0.5, 0.6) is 5.88 Å². The molecule has 7 nitrogen and oxygen atoms in total. The lowest BCUT2D eigenvalue weighted by molar-refractivity contribution is -0.125. The van der Waals surface area contributed by atoms with Crippen LogP contribution in [0.15, 0.2) is 41.3 Å². The molecule has 1 unspecified atom stereocenters. The van der Waals surface area contributed by atoms with Crippen LogP contribution >= 0.6 is 0 Å². The molecule has 1 atom stereocenters. The zero-order chi connectivity index (χ0) is 16.1. The van der Waals surface area contributed by atoms with Gasteiger partial charge in [0, 0.05) is 31.4 Å². The van der Waals surface area contributed by atoms with Crippen LogP contribution in [0.4, 0.5) is 0 Å². The number of hydrogen-bond acceptors (Lipinski definition) is 6. The third-order valence-electron chi connectivity index (χ3n) is 3.44. The van der Waals surface area contributed by atoms with E-state index < -0.39 is 0 Å². The summed E-state index contributed by atoms with van der Waals surface area (Å²) >= 11 is 0. The van der Waals surface area contributed by atoms with Crippen molar-refractivity contribution in [3.8, 4) is 11.9 Å². The van der Waals surface area contributed by atoms with Crippen molar-refractivity contribution in [1.82, 2.24) is 14.9 Å². The Morgan fingerprint density at radius 1 is 1.48 bits per heavy atom. The number of likely N-dealkylation sites (tertiary alicyclic amines) is 1. The van der Waals surface area contributed by atoms with E-state index in [1.54, 1.807) is 29.4 Å². The molecule has 1 aliphatic rings. The maximum atomic E-state index is 12.1. The molecule has 1 fully saturated rings. The molecule has 7 heteroatoms. The van der Waals surface area contributed by atoms with Crippen molar-refractivity contribution < 1.29 is 13.9 Å². The highest BCUT2D eigenvalue weighted by molar-refractivity contribution is 5.91. The molecule has 0 N–H and O–H groups in total. The molecule has 0 bridgehead atoms. The molecule has 0 spiro atoms. The molecule has 3 rings (SSSR count). The van der Waals surface area contributed by atoms with Gasteiger partial charge >= 0.3 is 0 Å². The molecule has 0 aliphatic carbocycles. The van der Waals surface area contributed by atoms with Crippen molar-refractivity contribution in [2.24, 2.45) is 0 Å². The summed E-state index contributed by atoms with van der Waals surface area (Å²) in [5.74, 6) is 0.733. The fourth-order valence-electron chi connectivity index (χ4n) is 2.32. The Hall–Kier alpha value is -3.14. The Balaban J connectivity index is 1.58. The molecule has 0 radical (unpaired) electrons. The number of nitrogens with zero attached hydrogens (tertiary/aromatic N) is 4. The monoisotopic (exact) mass is 310 g/mol. The first-order valence-corrected chi connectivity index (χ1v) is 7.14. The Labute approximate surface area is 132 Å². The Bertz CT molecular complexity index is 749. The summed E-state index contributed by atoms with van der Waals surface area (Å²) in [7, 11) is 0. The lowest BCUT2D eigenvalue weighted by Crippen LogP contribution is -2.29. The third kappa shape index (κ3) is 3.55. The fourth-order valence-corrected chi connectivity index (χ4v) is 2.32. The topological polar surface area (TPSA) is 92.2 Å². The van der Waals surface area contributed by atoms with Gasteiger partial charge in [-0.25, -0.2) is 9.97 Å². The van der Waals surface area contributed by atoms with Crippen molar-refractivity contribution in [1.29, 1.82) is 5.26 Å². The van der Waals surface area contributed by atoms with Gasteiger partial charge in [-0.3, -0.25) is 4.79 Å². The highest BCUT2D eigenvalue weighted by Crippen LogP contribution is 2.18. The van der Waals surface area contributed by atoms with Crippen LogP contribution in [0.2, 0.25) is 0 Å². The fraction of sp³-hybridized carbons (Fsp3) is 0.250. The second-order valence-corrected chi connectivity index (χ2v) is 4.98. The molecule has 116 valence electrons. The van der Waals surface area contributed by atoms with E-state index in [1.165, 1.54) is 18.5 Å². The van der Waals surface area contributed by atoms with Gasteiger partial charge in [-0.05, 0) is 18.2 Å². The maximum Gasteiger partial charge on any atom is 0.251 e. The number of rotatable bonds is 4. The maximum absolute atomic E-state index is 12.1. The molecular formula is C16H14N4O3. The van der Waals surface area contributed by atoms with Gasteiger partial charge in [-0.2, -0.15) is 5.26 Å². The average Bonchev–Trinajstić information content (AvgIpc) is 3.25. The number of nitriles is 1. The molecule has 1 saturated heterocycles. The number of carbonyl (C=O) groups is 1. The van der Waals surface area contributed by atoms with Gasteiger partial charge in [0.1, 0.15) is 17.9 Å². The van der Waals surface area contributed by atoms with Crippen LogP contribution < -0.4 is 4.74 Å². The van der Waals surface area contributed by atoms with Gasteiger partial charge in [0.2, 0.25) is 11.6 Å². The minimum atomic E-state index is -0.195. The van der Waals surface area contributed by atoms with Crippen molar-refractivity contribution in [3.05, 3.63) is 48.3 Å². The highest BCUT2D eigenvalue weighted by Gasteiger charge is 2.27. The number of amides is 1. The van der Waals surface area contributed by atoms with Crippen LogP contribution in [-0.2, 0) is 4.79 Å². The minimum absolute atomic E-state index is 0.104. The van der Waals surface area contributed by atoms with E-state index in [0.717, 1.165) is 0 Å². The normalized spacial score (nSPS) is 17.3. The average molecular weight is 310 g/mol. The van der Waals surface area contributed by atoms with E-state index in [4.69, 9.17) is 14.4 Å². The van der Waals surface area contributed by atoms with Crippen LogP contribution in [0, 0.1) is 11.3 Å². The van der Waals surface area contributed by atoms with Crippen LogP contribution in [-0.4, -0.2) is 40.0 Å². The quantitative estimate of drug-likeness (QED) is 0.797. The van der Waals surface area contributed by atoms with Crippen molar-refractivity contribution in [3.63, 3.8) is 0 Å². The largest absolute Gasteiger partial charge is 0.470 e. The molecule has 2 aromatic heterocycles. The standard InChI is InChI=1S/C16H14N4O3/c17-10-14-16(19-7-6-18-14)23-13-5-8-20(11-13)15(21)4-3-12-2-1-9-22-12/h1-4,6-7,9,13H,5,8,11H2. The summed E-state index contributed by atoms with van der Waals surface area (Å²) in [6.07, 6.45) is 8.06. The predicted molar refractivity (Wildman–Crippen MR) is 80.1 cm³/mol. The van der Waals surface area contributed by atoms with E-state index >= 15 is 0 Å². The van der Waals surface area contributed by atoms with Crippen molar-refractivity contribution >= 4 is 12.0 Å². The Kier molecular flexibility index (Phi) is 4.34. The van der Waals surface area contributed by atoms with Crippen molar-refractivity contribution in [2.45, 2.75) is 12.5 Å². The molecule has 1 amide bonds. The molecule has 1 aliphatic heterocycles. The first-order chi connectivity index (χ1) is 11.3. The summed E-state index contributed by atoms with van der Waals surface area (Å²) in [6, 6.07) is 5.48. The number of hydrogen-bond donors (Lipinski definition) is 0. The van der Waals surface area contributed by atoms with Crippen molar-refractivity contribution in [2.75, 3.05) is 13.1 Å². The van der Waals surface area contributed by atoms with Gasteiger partial charge in [0.15, 0.2) is 0 Å². The molecular weight excluding hydrogens is 296 g/mol. The van der Waals surface area contributed by atoms with Gasteiger partial charge in [-0.15, -0.1) is 0 Å². The lowest BCUT2D eigenvalue weighted by atomic mass is 10.3. The molecule has 3 heterocycles. The first-order valence-electron chi connectivity index (χ1n) is 7.14. The van der Waals surface area contributed by atoms with E-state index in [-0.39, 0.29) is 23.6 Å². The zero-order valence-electron chi connectivity index (χ0n) is 12.3. The number of aromatic nitrogens is 2. The van der Waals surface area contributed by atoms with Gasteiger partial charge in [-0.1, -0.05) is 0 Å². The van der Waals surface area contributed by atoms with Gasteiger partial charge < -0.3 is 14.1 Å². The number of carbonyl (C=O) groups excluding carboxylic acids is 1. The lowest BCUT2D eigenvalue weighted by Gasteiger charge is -2.15. The van der Waals surface area contributed by atoms with E-state index in [0.29, 0.717) is 25.3 Å². The predicted octanol–water partition coefficient (Wildman–Crippen LogP) is 1.63. The van der Waals surface area contributed by atoms with Gasteiger partial charge in [0.05, 0.1) is 12.8 Å². The summed E-state index contributed by atoms with van der Waals surface area (Å²) < 4.78 is 10.8. The third-order valence-corrected chi connectivity index (χ3v) is 3.44. The molecule has 0 aromatic carbocycles. The summed E-state index contributed by atoms with van der Waals surface area (Å²) in [5, 5.41) is 8.98. The van der Waals surface area contributed by atoms with Gasteiger partial charge in [0.25, 0.3) is 5.88 Å². The molecule has 0 saturated carbocycles. The minimum Gasteiger partial charge on any atom is -0.470 e. The SMILES string of the molecule is N#Cc1nccnc1OC1CCN(C(=O)C=Cc2ccco2)C1. The van der Waals surface area contributed by atoms with Crippen LogP contribution in [0.1, 0.15) is 17.9 Å². The summed E-state index contributed by atoms with van der Waals surface area (Å²) in [6.45, 7) is 1.04. The smallest absolute Gasteiger partial charge is 0.251 e. The zero-order valence-corrected chi connectivity index (χ0v) is 12.3. The Morgan fingerprint density at radius 2 is 2.35 bits per heavy atom. The molecule has 23 heavy (non-hydrogen) atoms. The first kappa shape index (κ1) is 14.8. The second-order valence-electron chi connectivity index (χ2n) is 4.98. The van der Waals surface area contributed by atoms with E-state index in [2.05, 4.69) is 9.97 Å². The van der Waals surface area contributed by atoms with E-state index in [1.807, 2.05) is 6.07 Å². The summed E-state index contributed by atoms with van der Waals surface area (Å²) in [4.78, 5) is 21.7.